The third-order valence-corrected chi connectivity index (χ3v) is 8.73. The van der Waals surface area contributed by atoms with Gasteiger partial charge in [-0.05, 0) is 49.4 Å². The Morgan fingerprint density at radius 1 is 0.968 bits per heavy atom. The number of nitrogens with one attached hydrogen (secondary N) is 1. The summed E-state index contributed by atoms with van der Waals surface area (Å²) in [5, 5.41) is 3.16. The van der Waals surface area contributed by atoms with Crippen LogP contribution in [-0.4, -0.2) is 49.7 Å². The van der Waals surface area contributed by atoms with Crippen LogP contribution in [0.4, 0.5) is 5.69 Å². The van der Waals surface area contributed by atoms with Crippen LogP contribution in [0.5, 0.6) is 0 Å². The largest absolute Gasteiger partial charge is 0.352 e. The highest BCUT2D eigenvalue weighted by Gasteiger charge is 2.38. The van der Waals surface area contributed by atoms with E-state index >= 15 is 0 Å². The molecule has 2 amide bonds. The van der Waals surface area contributed by atoms with Gasteiger partial charge in [-0.1, -0.05) is 32.1 Å². The Labute approximate surface area is 185 Å². The number of amides is 2. The van der Waals surface area contributed by atoms with Crippen LogP contribution >= 0.6 is 0 Å². The fourth-order valence-corrected chi connectivity index (χ4v) is 6.73. The Morgan fingerprint density at radius 3 is 2.26 bits per heavy atom. The van der Waals surface area contributed by atoms with E-state index in [4.69, 9.17) is 0 Å². The molecule has 1 aromatic rings. The summed E-state index contributed by atoms with van der Waals surface area (Å²) in [6, 6.07) is 4.46. The first-order chi connectivity index (χ1) is 14.9. The second-order valence-corrected chi connectivity index (χ2v) is 11.0. The molecule has 0 unspecified atom stereocenters. The van der Waals surface area contributed by atoms with Crippen molar-refractivity contribution in [2.24, 2.45) is 0 Å². The summed E-state index contributed by atoms with van der Waals surface area (Å²) in [5.41, 5.74) is 1.39. The predicted octanol–water partition coefficient (Wildman–Crippen LogP) is 2.98. The van der Waals surface area contributed by atoms with Crippen molar-refractivity contribution in [2.45, 2.75) is 88.1 Å². The van der Waals surface area contributed by atoms with E-state index in [0.29, 0.717) is 25.2 Å². The third-order valence-electron chi connectivity index (χ3n) is 6.83. The van der Waals surface area contributed by atoms with E-state index in [9.17, 15) is 18.0 Å². The van der Waals surface area contributed by atoms with E-state index in [1.54, 1.807) is 22.5 Å². The lowest BCUT2D eigenvalue weighted by molar-refractivity contribution is -0.126. The van der Waals surface area contributed by atoms with Crippen molar-refractivity contribution < 1.29 is 18.0 Å². The molecule has 1 N–H and O–H groups in total. The molecule has 4 rings (SSSR count). The highest BCUT2D eigenvalue weighted by Crippen LogP contribution is 2.35. The first kappa shape index (κ1) is 22.3. The van der Waals surface area contributed by atoms with Crippen LogP contribution in [0, 0.1) is 0 Å². The minimum Gasteiger partial charge on any atom is -0.352 e. The first-order valence-corrected chi connectivity index (χ1v) is 13.0. The molecule has 1 atom stereocenters. The van der Waals surface area contributed by atoms with E-state index in [-0.39, 0.29) is 22.8 Å². The fraction of sp³-hybridized carbons (Fsp3) is 0.652. The molecule has 7 nitrogen and oxygen atoms in total. The molecule has 0 radical (unpaired) electrons. The van der Waals surface area contributed by atoms with Gasteiger partial charge in [-0.2, -0.15) is 4.31 Å². The average molecular weight is 448 g/mol. The quantitative estimate of drug-likeness (QED) is 0.719. The lowest BCUT2D eigenvalue weighted by atomic mass is 10.1. The number of nitrogens with zero attached hydrogens (tertiary/aromatic N) is 2. The van der Waals surface area contributed by atoms with Crippen LogP contribution in [0.3, 0.4) is 0 Å². The van der Waals surface area contributed by atoms with Crippen LogP contribution in [0.1, 0.15) is 70.3 Å². The first-order valence-electron chi connectivity index (χ1n) is 11.6. The summed E-state index contributed by atoms with van der Waals surface area (Å²) in [7, 11) is -3.56. The maximum Gasteiger partial charge on any atom is 0.243 e. The van der Waals surface area contributed by atoms with Gasteiger partial charge in [0.1, 0.15) is 6.04 Å². The van der Waals surface area contributed by atoms with Crippen LogP contribution < -0.4 is 10.2 Å². The minimum atomic E-state index is -3.56. The van der Waals surface area contributed by atoms with Crippen LogP contribution in [0.2, 0.25) is 0 Å². The van der Waals surface area contributed by atoms with Gasteiger partial charge in [0.15, 0.2) is 0 Å². The zero-order valence-corrected chi connectivity index (χ0v) is 19.1. The summed E-state index contributed by atoms with van der Waals surface area (Å²) in [6.07, 6.45) is 9.75. The molecule has 2 aliphatic heterocycles. The van der Waals surface area contributed by atoms with Crippen molar-refractivity contribution in [3.05, 3.63) is 23.8 Å². The SMILES string of the molecule is CC(=O)N1c2ccc(S(=O)(=O)N3CCCCC3)cc2C[C@@H]1C(=O)NC1CCCCCC1. The second kappa shape index (κ2) is 9.28. The van der Waals surface area contributed by atoms with Gasteiger partial charge < -0.3 is 5.32 Å². The molecular formula is C23H33N3O4S. The van der Waals surface area contributed by atoms with Crippen molar-refractivity contribution >= 4 is 27.5 Å². The number of piperidine rings is 1. The van der Waals surface area contributed by atoms with Crippen LogP contribution in [-0.2, 0) is 26.0 Å². The van der Waals surface area contributed by atoms with Crippen molar-refractivity contribution in [1.82, 2.24) is 9.62 Å². The second-order valence-electron chi connectivity index (χ2n) is 9.06. The molecule has 1 aromatic carbocycles. The molecule has 0 spiro atoms. The summed E-state index contributed by atoms with van der Waals surface area (Å²) in [5.74, 6) is -0.342. The number of benzene rings is 1. The molecule has 1 saturated heterocycles. The number of rotatable bonds is 4. The fourth-order valence-electron chi connectivity index (χ4n) is 5.16. The number of fused-ring (bicyclic) bond motifs is 1. The number of anilines is 1. The van der Waals surface area contributed by atoms with Gasteiger partial charge in [0.2, 0.25) is 21.8 Å². The predicted molar refractivity (Wildman–Crippen MR) is 119 cm³/mol. The molecule has 2 heterocycles. The van der Waals surface area contributed by atoms with Gasteiger partial charge in [-0.15, -0.1) is 0 Å². The lowest BCUT2D eigenvalue weighted by Crippen LogP contribution is -2.50. The zero-order chi connectivity index (χ0) is 22.0. The molecule has 2 fully saturated rings. The van der Waals surface area contributed by atoms with Crippen LogP contribution in [0.15, 0.2) is 23.1 Å². The standard InChI is InChI=1S/C23H33N3O4S/c1-17(27)26-21-12-11-20(31(29,30)25-13-7-4-8-14-25)15-18(21)16-22(26)23(28)24-19-9-5-2-3-6-10-19/h11-12,15,19,22H,2-10,13-14,16H2,1H3,(H,24,28)/t22-/m1/s1. The average Bonchev–Trinajstić information content (AvgIpc) is 2.97. The zero-order valence-electron chi connectivity index (χ0n) is 18.3. The Morgan fingerprint density at radius 2 is 1.61 bits per heavy atom. The molecular weight excluding hydrogens is 414 g/mol. The van der Waals surface area contributed by atoms with Crippen molar-refractivity contribution in [1.29, 1.82) is 0 Å². The number of carbonyl (C=O) groups is 2. The van der Waals surface area contributed by atoms with E-state index in [2.05, 4.69) is 5.32 Å². The number of hydrogen-bond acceptors (Lipinski definition) is 4. The maximum atomic E-state index is 13.1. The Balaban J connectivity index is 1.55. The van der Waals surface area contributed by atoms with E-state index in [1.807, 2.05) is 0 Å². The maximum absolute atomic E-state index is 13.1. The van der Waals surface area contributed by atoms with Gasteiger partial charge in [-0.25, -0.2) is 8.42 Å². The summed E-state index contributed by atoms with van der Waals surface area (Å²) >= 11 is 0. The van der Waals surface area contributed by atoms with E-state index in [0.717, 1.165) is 50.5 Å². The van der Waals surface area contributed by atoms with Gasteiger partial charge >= 0.3 is 0 Å². The van der Waals surface area contributed by atoms with Crippen molar-refractivity contribution in [3.63, 3.8) is 0 Å². The molecule has 31 heavy (non-hydrogen) atoms. The number of hydrogen-bond donors (Lipinski definition) is 1. The molecule has 170 valence electrons. The smallest absolute Gasteiger partial charge is 0.243 e. The highest BCUT2D eigenvalue weighted by atomic mass is 32.2. The van der Waals surface area contributed by atoms with Gasteiger partial charge in [0, 0.05) is 38.2 Å². The monoisotopic (exact) mass is 447 g/mol. The van der Waals surface area contributed by atoms with Crippen molar-refractivity contribution in [3.8, 4) is 0 Å². The summed E-state index contributed by atoms with van der Waals surface area (Å²) in [4.78, 5) is 27.3. The Hall–Kier alpha value is -1.93. The molecule has 8 heteroatoms. The number of sulfonamides is 1. The van der Waals surface area contributed by atoms with E-state index in [1.165, 1.54) is 24.7 Å². The molecule has 0 bridgehead atoms. The third kappa shape index (κ3) is 4.65. The van der Waals surface area contributed by atoms with Gasteiger partial charge in [0.25, 0.3) is 0 Å². The molecule has 3 aliphatic rings. The normalized spacial score (nSPS) is 23.3. The Bertz CT molecular complexity index is 932. The molecule has 0 aromatic heterocycles. The van der Waals surface area contributed by atoms with Gasteiger partial charge in [-0.3, -0.25) is 14.5 Å². The van der Waals surface area contributed by atoms with E-state index < -0.39 is 16.1 Å². The van der Waals surface area contributed by atoms with Crippen LogP contribution in [0.25, 0.3) is 0 Å². The highest BCUT2D eigenvalue weighted by molar-refractivity contribution is 7.89. The van der Waals surface area contributed by atoms with Crippen molar-refractivity contribution in [2.75, 3.05) is 18.0 Å². The molecule has 1 saturated carbocycles. The minimum absolute atomic E-state index is 0.140. The molecule has 1 aliphatic carbocycles. The summed E-state index contributed by atoms with van der Waals surface area (Å²) in [6.45, 7) is 2.55. The van der Waals surface area contributed by atoms with Gasteiger partial charge in [0.05, 0.1) is 4.90 Å². The summed E-state index contributed by atoms with van der Waals surface area (Å²) < 4.78 is 27.7. The Kier molecular flexibility index (Phi) is 6.67. The topological polar surface area (TPSA) is 86.8 Å². The lowest BCUT2D eigenvalue weighted by Gasteiger charge is -2.26. The number of carbonyl (C=O) groups excluding carboxylic acids is 2.